The smallest absolute Gasteiger partial charge is 0.273 e. The molecule has 2 aromatic heterocycles. The fourth-order valence-electron chi connectivity index (χ4n) is 1.59. The Labute approximate surface area is 126 Å². The Morgan fingerprint density at radius 2 is 2.26 bits per heavy atom. The molecular weight excluding hydrogens is 378 g/mol. The quantitative estimate of drug-likeness (QED) is 0.846. The van der Waals surface area contributed by atoms with Crippen molar-refractivity contribution in [2.24, 2.45) is 0 Å². The third-order valence-electron chi connectivity index (χ3n) is 2.42. The number of nitrogens with two attached hydrogens (primary N) is 1. The number of halogens is 2. The van der Waals surface area contributed by atoms with Crippen LogP contribution in [0, 0.1) is 0 Å². The lowest BCUT2D eigenvalue weighted by Crippen LogP contribution is -2.17. The van der Waals surface area contributed by atoms with Crippen LogP contribution in [0.1, 0.15) is 17.4 Å². The molecule has 0 aliphatic heterocycles. The second-order valence-corrected chi connectivity index (χ2v) is 5.29. The number of rotatable bonds is 3. The van der Waals surface area contributed by atoms with Crippen molar-refractivity contribution in [3.05, 3.63) is 33.4 Å². The molecule has 0 saturated carbocycles. The number of anilines is 2. The number of nitrogens with zero attached hydrogens (tertiary/aromatic N) is 3. The molecule has 0 unspecified atom stereocenters. The number of carbonyl (C=O) groups is 1. The van der Waals surface area contributed by atoms with Crippen LogP contribution in [0.2, 0.25) is 0 Å². The van der Waals surface area contributed by atoms with E-state index in [0.717, 1.165) is 0 Å². The summed E-state index contributed by atoms with van der Waals surface area (Å²) < 4.78 is 2.81. The highest BCUT2D eigenvalue weighted by atomic mass is 79.9. The number of hydrogen-bond acceptors (Lipinski definition) is 4. The molecule has 6 nitrogen and oxygen atoms in total. The zero-order valence-corrected chi connectivity index (χ0v) is 13.2. The van der Waals surface area contributed by atoms with Gasteiger partial charge in [-0.05, 0) is 44.8 Å². The number of carbonyl (C=O) groups excluding carboxylic acids is 1. The van der Waals surface area contributed by atoms with Crippen LogP contribution in [0.15, 0.2) is 27.7 Å². The Balaban J connectivity index is 2.25. The molecule has 0 bridgehead atoms. The van der Waals surface area contributed by atoms with Crippen LogP contribution in [0.5, 0.6) is 0 Å². The van der Waals surface area contributed by atoms with Crippen molar-refractivity contribution >= 4 is 49.3 Å². The van der Waals surface area contributed by atoms with Gasteiger partial charge in [-0.1, -0.05) is 0 Å². The minimum Gasteiger partial charge on any atom is -0.397 e. The van der Waals surface area contributed by atoms with Crippen LogP contribution in [-0.4, -0.2) is 20.4 Å². The molecule has 0 aliphatic rings. The summed E-state index contributed by atoms with van der Waals surface area (Å²) >= 11 is 6.44. The van der Waals surface area contributed by atoms with Crippen LogP contribution >= 0.6 is 31.9 Å². The zero-order valence-electron chi connectivity index (χ0n) is 10.0. The van der Waals surface area contributed by atoms with Gasteiger partial charge in [0.05, 0.1) is 11.9 Å². The molecule has 8 heteroatoms. The molecule has 3 N–H and O–H groups in total. The van der Waals surface area contributed by atoms with Gasteiger partial charge in [0.1, 0.15) is 14.9 Å². The van der Waals surface area contributed by atoms with E-state index < -0.39 is 0 Å². The molecule has 0 atom stereocenters. The molecule has 0 aromatic carbocycles. The Hall–Kier alpha value is -1.41. The molecule has 19 heavy (non-hydrogen) atoms. The van der Waals surface area contributed by atoms with Gasteiger partial charge in [-0.2, -0.15) is 0 Å². The Kier molecular flexibility index (Phi) is 4.20. The van der Waals surface area contributed by atoms with Gasteiger partial charge in [0.2, 0.25) is 0 Å². The van der Waals surface area contributed by atoms with Crippen LogP contribution in [0.25, 0.3) is 0 Å². The van der Waals surface area contributed by atoms with Crippen LogP contribution in [-0.2, 0) is 6.54 Å². The summed E-state index contributed by atoms with van der Waals surface area (Å²) in [5.74, 6) is 0.0755. The van der Waals surface area contributed by atoms with Gasteiger partial charge in [-0.25, -0.2) is 9.97 Å². The second-order valence-electron chi connectivity index (χ2n) is 3.73. The fourth-order valence-corrected chi connectivity index (χ4v) is 2.50. The average Bonchev–Trinajstić information content (AvgIpc) is 2.74. The summed E-state index contributed by atoms with van der Waals surface area (Å²) in [4.78, 5) is 20.3. The highest BCUT2D eigenvalue weighted by Crippen LogP contribution is 2.20. The Morgan fingerprint density at radius 1 is 1.53 bits per heavy atom. The highest BCUT2D eigenvalue weighted by molar-refractivity contribution is 9.11. The normalized spacial score (nSPS) is 10.5. The van der Waals surface area contributed by atoms with E-state index in [-0.39, 0.29) is 5.91 Å². The zero-order chi connectivity index (χ0) is 14.0. The van der Waals surface area contributed by atoms with Crippen LogP contribution in [0.3, 0.4) is 0 Å². The monoisotopic (exact) mass is 387 g/mol. The van der Waals surface area contributed by atoms with Gasteiger partial charge in [0.25, 0.3) is 5.91 Å². The second kappa shape index (κ2) is 5.70. The summed E-state index contributed by atoms with van der Waals surface area (Å²) in [6.45, 7) is 2.60. The Bertz CT molecular complexity index is 626. The van der Waals surface area contributed by atoms with E-state index in [4.69, 9.17) is 5.73 Å². The summed E-state index contributed by atoms with van der Waals surface area (Å²) in [5.41, 5.74) is 6.72. The van der Waals surface area contributed by atoms with Gasteiger partial charge in [-0.3, -0.25) is 4.79 Å². The van der Waals surface area contributed by atoms with Gasteiger partial charge in [0, 0.05) is 12.7 Å². The topological polar surface area (TPSA) is 85.8 Å². The first-order valence-electron chi connectivity index (χ1n) is 5.46. The lowest BCUT2D eigenvalue weighted by atomic mass is 10.4. The van der Waals surface area contributed by atoms with Crippen molar-refractivity contribution in [2.75, 3.05) is 11.1 Å². The maximum Gasteiger partial charge on any atom is 0.273 e. The maximum absolute atomic E-state index is 12.2. The van der Waals surface area contributed by atoms with Gasteiger partial charge < -0.3 is 15.6 Å². The molecule has 0 spiro atoms. The largest absolute Gasteiger partial charge is 0.397 e. The van der Waals surface area contributed by atoms with E-state index in [0.29, 0.717) is 33.0 Å². The van der Waals surface area contributed by atoms with Crippen molar-refractivity contribution < 1.29 is 4.79 Å². The van der Waals surface area contributed by atoms with Crippen molar-refractivity contribution in [2.45, 2.75) is 13.5 Å². The first kappa shape index (κ1) is 14.0. The van der Waals surface area contributed by atoms with Gasteiger partial charge in [0.15, 0.2) is 5.82 Å². The lowest BCUT2D eigenvalue weighted by Gasteiger charge is -2.08. The first-order chi connectivity index (χ1) is 9.01. The number of amides is 1. The third kappa shape index (κ3) is 3.13. The summed E-state index contributed by atoms with van der Waals surface area (Å²) in [5, 5.41) is 2.69. The molecule has 0 aliphatic carbocycles. The van der Waals surface area contributed by atoms with Gasteiger partial charge in [-0.15, -0.1) is 0 Å². The number of nitrogen functional groups attached to an aromatic ring is 1. The summed E-state index contributed by atoms with van der Waals surface area (Å²) in [6.07, 6.45) is 3.23. The molecule has 0 saturated heterocycles. The van der Waals surface area contributed by atoms with Crippen LogP contribution in [0.4, 0.5) is 11.5 Å². The van der Waals surface area contributed by atoms with Crippen LogP contribution < -0.4 is 11.1 Å². The predicted molar refractivity (Wildman–Crippen MR) is 79.9 cm³/mol. The minimum absolute atomic E-state index is 0.282. The number of aromatic nitrogens is 3. The van der Waals surface area contributed by atoms with E-state index >= 15 is 0 Å². The van der Waals surface area contributed by atoms with Gasteiger partial charge >= 0.3 is 0 Å². The van der Waals surface area contributed by atoms with E-state index in [1.54, 1.807) is 16.8 Å². The number of nitrogens with one attached hydrogen (secondary N) is 1. The molecule has 0 radical (unpaired) electrons. The minimum atomic E-state index is -0.282. The number of aryl methyl sites for hydroxylation is 1. The highest BCUT2D eigenvalue weighted by Gasteiger charge is 2.14. The van der Waals surface area contributed by atoms with E-state index in [1.807, 2.05) is 6.92 Å². The first-order valence-corrected chi connectivity index (χ1v) is 7.05. The van der Waals surface area contributed by atoms with Crippen molar-refractivity contribution in [3.63, 3.8) is 0 Å². The average molecular weight is 389 g/mol. The molecule has 2 aromatic rings. The lowest BCUT2D eigenvalue weighted by molar-refractivity contribution is 0.101. The molecule has 2 heterocycles. The van der Waals surface area contributed by atoms with E-state index in [1.165, 1.54) is 6.20 Å². The molecular formula is C11H11Br2N5O. The van der Waals surface area contributed by atoms with E-state index in [9.17, 15) is 4.79 Å². The molecule has 100 valence electrons. The maximum atomic E-state index is 12.2. The SMILES string of the molecule is CCn1cc(N)cc1C(=O)Nc1ncc(Br)nc1Br. The van der Waals surface area contributed by atoms with Crippen molar-refractivity contribution in [1.82, 2.24) is 14.5 Å². The fraction of sp³-hybridized carbons (Fsp3) is 0.182. The molecule has 1 amide bonds. The third-order valence-corrected chi connectivity index (χ3v) is 3.36. The summed E-state index contributed by atoms with van der Waals surface area (Å²) in [7, 11) is 0. The summed E-state index contributed by atoms with van der Waals surface area (Å²) in [6, 6.07) is 1.62. The number of hydrogen-bond donors (Lipinski definition) is 2. The predicted octanol–water partition coefficient (Wildman–Crippen LogP) is 2.66. The van der Waals surface area contributed by atoms with Crippen molar-refractivity contribution in [3.8, 4) is 0 Å². The van der Waals surface area contributed by atoms with E-state index in [2.05, 4.69) is 47.1 Å². The molecule has 2 rings (SSSR count). The molecule has 0 fully saturated rings. The Morgan fingerprint density at radius 3 is 2.89 bits per heavy atom. The van der Waals surface area contributed by atoms with Crippen molar-refractivity contribution in [1.29, 1.82) is 0 Å². The standard InChI is InChI=1S/C11H11Br2N5O/c1-2-18-5-6(14)3-7(18)11(19)17-10-9(13)16-8(12)4-15-10/h3-5H,2,14H2,1H3,(H,15,17,19).